The Kier molecular flexibility index (Phi) is 9.42. The van der Waals surface area contributed by atoms with Crippen molar-refractivity contribution in [2.45, 2.75) is 0 Å². The minimum atomic E-state index is 1.03. The summed E-state index contributed by atoms with van der Waals surface area (Å²) < 4.78 is 0. The van der Waals surface area contributed by atoms with Gasteiger partial charge in [-0.3, -0.25) is 0 Å². The summed E-state index contributed by atoms with van der Waals surface area (Å²) in [6.45, 7) is 1.03. The second-order valence-electron chi connectivity index (χ2n) is 0.348. The van der Waals surface area contributed by atoms with Crippen LogP contribution in [0.4, 0.5) is 0 Å². The maximum atomic E-state index is 3.12. The van der Waals surface area contributed by atoms with Gasteiger partial charge in [-0.25, -0.2) is 0 Å². The van der Waals surface area contributed by atoms with Crippen LogP contribution < -0.4 is 0 Å². The molecule has 0 spiro atoms. The Hall–Kier alpha value is 2.38. The average Bonchev–Trinajstić information content (AvgIpc) is 1.41. The summed E-state index contributed by atoms with van der Waals surface area (Å²) in [5.74, 6) is 0. The molecular formula is H5P4Pd. The monoisotopic (exact) mass is 235 g/mol. The molecule has 4 unspecified atom stereocenters. The maximum absolute atomic E-state index is 3.12. The van der Waals surface area contributed by atoms with E-state index in [1.54, 1.807) is 0 Å². The van der Waals surface area contributed by atoms with Gasteiger partial charge in [0.2, 0.25) is 0 Å². The summed E-state index contributed by atoms with van der Waals surface area (Å²) >= 11 is 3.12. The fraction of sp³-hybridized carbons (Fsp3) is 0. The molecule has 0 saturated heterocycles. The quantitative estimate of drug-likeness (QED) is 0.508. The van der Waals surface area contributed by atoms with E-state index in [0.717, 1.165) is 22.4 Å². The van der Waals surface area contributed by atoms with Crippen molar-refractivity contribution in [2.75, 3.05) is 0 Å². The van der Waals surface area contributed by atoms with Gasteiger partial charge in [0.05, 0.1) is 0 Å². The molecule has 0 aromatic rings. The molecular weight excluding hydrogens is 230 g/mol. The number of hydrogen-bond donors (Lipinski definition) is 0. The zero-order chi connectivity index (χ0) is 4.12. The van der Waals surface area contributed by atoms with Gasteiger partial charge in [-0.15, -0.1) is 0 Å². The first-order valence-corrected chi connectivity index (χ1v) is 9.90. The van der Waals surface area contributed by atoms with Crippen LogP contribution in [0.2, 0.25) is 0 Å². The van der Waals surface area contributed by atoms with E-state index in [1.165, 1.54) is 0 Å². The summed E-state index contributed by atoms with van der Waals surface area (Å²) in [4.78, 5) is 0. The average molecular weight is 235 g/mol. The van der Waals surface area contributed by atoms with Gasteiger partial charge in [-0.1, -0.05) is 0 Å². The summed E-state index contributed by atoms with van der Waals surface area (Å²) in [5, 5.41) is 0. The van der Waals surface area contributed by atoms with Crippen LogP contribution in [0.5, 0.6) is 0 Å². The molecule has 0 aliphatic heterocycles. The standard InChI is InChI=1S/H5P4.Pd/c1-3-4-2;/h1,3-4H,2H2;/q-1;+1. The third-order valence-corrected chi connectivity index (χ3v) is 12.2. The summed E-state index contributed by atoms with van der Waals surface area (Å²) in [6, 6.07) is 0. The third-order valence-electron chi connectivity index (χ3n) is 0.112. The SMILES string of the molecule is PPP[PH][Pd]. The van der Waals surface area contributed by atoms with E-state index < -0.39 is 0 Å². The molecule has 0 radical (unpaired) electrons. The van der Waals surface area contributed by atoms with Gasteiger partial charge in [-0.2, -0.15) is 0 Å². The second-order valence-corrected chi connectivity index (χ2v) is 11.5. The van der Waals surface area contributed by atoms with Crippen molar-refractivity contribution in [3.05, 3.63) is 0 Å². The van der Waals surface area contributed by atoms with Crippen LogP contribution in [0.1, 0.15) is 0 Å². The Morgan fingerprint density at radius 2 is 2.20 bits per heavy atom. The second kappa shape index (κ2) is 6.38. The van der Waals surface area contributed by atoms with Gasteiger partial charge in [0.25, 0.3) is 0 Å². The van der Waals surface area contributed by atoms with Gasteiger partial charge in [-0.05, 0) is 0 Å². The Balaban J connectivity index is 2.19. The van der Waals surface area contributed by atoms with Crippen LogP contribution in [-0.2, 0) is 18.7 Å². The molecule has 0 rings (SSSR count). The minimum absolute atomic E-state index is 1.03. The van der Waals surface area contributed by atoms with Crippen molar-refractivity contribution in [3.63, 3.8) is 0 Å². The first-order chi connectivity index (χ1) is 2.41. The molecule has 0 fully saturated rings. The first kappa shape index (κ1) is 7.38. The molecule has 5 heavy (non-hydrogen) atoms. The Labute approximate surface area is 50.1 Å². The zero-order valence-corrected chi connectivity index (χ0v) is 8.10. The number of rotatable bonds is 2. The Morgan fingerprint density at radius 1 is 1.60 bits per heavy atom. The van der Waals surface area contributed by atoms with Gasteiger partial charge < -0.3 is 0 Å². The van der Waals surface area contributed by atoms with Crippen LogP contribution in [0.15, 0.2) is 0 Å². The van der Waals surface area contributed by atoms with Crippen molar-refractivity contribution >= 4 is 31.3 Å². The van der Waals surface area contributed by atoms with Crippen LogP contribution in [0, 0.1) is 0 Å². The molecule has 0 aliphatic carbocycles. The van der Waals surface area contributed by atoms with Gasteiger partial charge in [0.15, 0.2) is 0 Å². The molecule has 0 N–H and O–H groups in total. The van der Waals surface area contributed by atoms with E-state index in [0.29, 0.717) is 0 Å². The fourth-order valence-corrected chi connectivity index (χ4v) is 10.9. The van der Waals surface area contributed by atoms with E-state index in [4.69, 9.17) is 0 Å². The summed E-state index contributed by atoms with van der Waals surface area (Å²) in [5.41, 5.74) is 0. The third kappa shape index (κ3) is 6.38. The molecule has 0 aromatic carbocycles. The Morgan fingerprint density at radius 3 is 2.20 bits per heavy atom. The van der Waals surface area contributed by atoms with Crippen LogP contribution >= 0.6 is 31.3 Å². The van der Waals surface area contributed by atoms with Crippen molar-refractivity contribution in [3.8, 4) is 0 Å². The molecule has 4 atom stereocenters. The predicted octanol–water partition coefficient (Wildman–Crippen LogP) is 2.10. The molecule has 0 aliphatic rings. The van der Waals surface area contributed by atoms with E-state index in [9.17, 15) is 0 Å². The van der Waals surface area contributed by atoms with Crippen LogP contribution in [-0.4, -0.2) is 0 Å². The molecule has 0 aromatic heterocycles. The van der Waals surface area contributed by atoms with E-state index in [1.807, 2.05) is 0 Å². The predicted molar refractivity (Wildman–Crippen MR) is 34.7 cm³/mol. The zero-order valence-electron chi connectivity index (χ0n) is 2.39. The van der Waals surface area contributed by atoms with Gasteiger partial charge in [0.1, 0.15) is 0 Å². The molecule has 0 heterocycles. The van der Waals surface area contributed by atoms with Gasteiger partial charge in [0, 0.05) is 0 Å². The summed E-state index contributed by atoms with van der Waals surface area (Å²) in [6.07, 6.45) is 0. The van der Waals surface area contributed by atoms with E-state index in [-0.39, 0.29) is 0 Å². The normalized spacial score (nSPS) is 15.8. The van der Waals surface area contributed by atoms with Crippen molar-refractivity contribution < 1.29 is 18.7 Å². The number of hydrogen-bond acceptors (Lipinski definition) is 0. The fourth-order valence-electron chi connectivity index (χ4n) is 0.0228. The topological polar surface area (TPSA) is 0 Å². The van der Waals surface area contributed by atoms with Crippen molar-refractivity contribution in [2.24, 2.45) is 0 Å². The molecule has 0 amide bonds. The van der Waals surface area contributed by atoms with Crippen LogP contribution in [0.3, 0.4) is 0 Å². The molecule has 35 valence electrons. The Bertz CT molecular complexity index is 11.1. The summed E-state index contributed by atoms with van der Waals surface area (Å²) in [7, 11) is 4.95. The molecule has 0 nitrogen and oxygen atoms in total. The van der Waals surface area contributed by atoms with E-state index in [2.05, 4.69) is 27.6 Å². The van der Waals surface area contributed by atoms with Gasteiger partial charge >= 0.3 is 50.0 Å². The molecule has 5 heteroatoms. The molecule has 0 bridgehead atoms. The first-order valence-electron chi connectivity index (χ1n) is 0.947. The van der Waals surface area contributed by atoms with Crippen molar-refractivity contribution in [1.29, 1.82) is 0 Å². The van der Waals surface area contributed by atoms with E-state index >= 15 is 0 Å². The van der Waals surface area contributed by atoms with Crippen LogP contribution in [0.25, 0.3) is 0 Å². The van der Waals surface area contributed by atoms with Crippen molar-refractivity contribution in [1.82, 2.24) is 0 Å². The molecule has 0 saturated carbocycles.